The third-order valence-corrected chi connectivity index (χ3v) is 5.60. The smallest absolute Gasteiger partial charge is 0.257 e. The molecule has 1 atom stereocenters. The molecule has 1 aliphatic rings. The molecule has 30 heavy (non-hydrogen) atoms. The fourth-order valence-corrected chi connectivity index (χ4v) is 4.01. The van der Waals surface area contributed by atoms with Crippen molar-refractivity contribution in [2.75, 3.05) is 11.1 Å². The van der Waals surface area contributed by atoms with Crippen molar-refractivity contribution in [1.82, 2.24) is 9.97 Å². The predicted molar refractivity (Wildman–Crippen MR) is 114 cm³/mol. The number of ether oxygens (including phenoxy) is 1. The second-order valence-electron chi connectivity index (χ2n) is 6.82. The van der Waals surface area contributed by atoms with Crippen LogP contribution < -0.4 is 15.6 Å². The van der Waals surface area contributed by atoms with Gasteiger partial charge in [0.05, 0.1) is 5.56 Å². The van der Waals surface area contributed by atoms with E-state index in [1.165, 1.54) is 17.8 Å². The maximum Gasteiger partial charge on any atom is 0.257 e. The molecule has 8 heteroatoms. The first-order valence-corrected chi connectivity index (χ1v) is 10.6. The van der Waals surface area contributed by atoms with E-state index in [4.69, 9.17) is 4.74 Å². The first-order chi connectivity index (χ1) is 14.5. The number of carbonyl (C=O) groups is 1. The second-order valence-corrected chi connectivity index (χ2v) is 8.07. The summed E-state index contributed by atoms with van der Waals surface area (Å²) in [5.74, 6) is 0.753. The minimum atomic E-state index is -0.397. The first kappa shape index (κ1) is 20.2. The lowest BCUT2D eigenvalue weighted by Gasteiger charge is -2.24. The van der Waals surface area contributed by atoms with Gasteiger partial charge in [-0.3, -0.25) is 9.59 Å². The van der Waals surface area contributed by atoms with Crippen molar-refractivity contribution in [3.63, 3.8) is 0 Å². The number of nitrogens with zero attached hydrogens (tertiary/aromatic N) is 1. The zero-order valence-corrected chi connectivity index (χ0v) is 17.1. The van der Waals surface area contributed by atoms with Gasteiger partial charge in [0.15, 0.2) is 5.16 Å². The molecule has 1 aliphatic heterocycles. The van der Waals surface area contributed by atoms with Gasteiger partial charge in [0.2, 0.25) is 5.91 Å². The van der Waals surface area contributed by atoms with Crippen molar-refractivity contribution in [2.24, 2.45) is 0 Å². The average molecular weight is 425 g/mol. The van der Waals surface area contributed by atoms with E-state index < -0.39 is 5.92 Å². The van der Waals surface area contributed by atoms with Crippen LogP contribution in [0.5, 0.6) is 5.75 Å². The third-order valence-electron chi connectivity index (χ3n) is 4.85. The third kappa shape index (κ3) is 4.23. The van der Waals surface area contributed by atoms with Crippen LogP contribution in [0.3, 0.4) is 0 Å². The number of anilines is 1. The van der Waals surface area contributed by atoms with Gasteiger partial charge in [0.25, 0.3) is 5.56 Å². The van der Waals surface area contributed by atoms with Gasteiger partial charge in [0.1, 0.15) is 24.0 Å². The number of fused-ring (bicyclic) bond motifs is 1. The van der Waals surface area contributed by atoms with Crippen molar-refractivity contribution in [2.45, 2.75) is 31.0 Å². The Morgan fingerprint density at radius 1 is 1.17 bits per heavy atom. The fraction of sp³-hybridized carbons (Fsp3) is 0.227. The molecule has 3 aromatic rings. The van der Waals surface area contributed by atoms with Gasteiger partial charge in [-0.2, -0.15) is 0 Å². The monoisotopic (exact) mass is 425 g/mol. The molecule has 0 radical (unpaired) electrons. The van der Waals surface area contributed by atoms with Gasteiger partial charge in [-0.25, -0.2) is 9.37 Å². The maximum atomic E-state index is 13.7. The summed E-state index contributed by atoms with van der Waals surface area (Å²) in [6.07, 6.45) is 0.160. The fourth-order valence-electron chi connectivity index (χ4n) is 3.41. The van der Waals surface area contributed by atoms with E-state index in [1.54, 1.807) is 30.3 Å². The highest BCUT2D eigenvalue weighted by Crippen LogP contribution is 2.35. The molecule has 0 saturated carbocycles. The highest BCUT2D eigenvalue weighted by atomic mass is 32.2. The van der Waals surface area contributed by atoms with Gasteiger partial charge in [0, 0.05) is 17.9 Å². The number of halogens is 1. The van der Waals surface area contributed by atoms with Crippen LogP contribution in [0.2, 0.25) is 0 Å². The molecule has 2 N–H and O–H groups in total. The lowest BCUT2D eigenvalue weighted by Crippen LogP contribution is -2.31. The first-order valence-electron chi connectivity index (χ1n) is 9.58. The minimum Gasteiger partial charge on any atom is -0.489 e. The van der Waals surface area contributed by atoms with Crippen LogP contribution in [0.25, 0.3) is 0 Å². The molecule has 2 heterocycles. The van der Waals surface area contributed by atoms with Crippen LogP contribution >= 0.6 is 11.8 Å². The van der Waals surface area contributed by atoms with Crippen molar-refractivity contribution < 1.29 is 13.9 Å². The van der Waals surface area contributed by atoms with E-state index in [9.17, 15) is 14.0 Å². The molecule has 1 unspecified atom stereocenters. The molecule has 1 amide bonds. The Kier molecular flexibility index (Phi) is 5.85. The Balaban J connectivity index is 1.57. The van der Waals surface area contributed by atoms with Crippen LogP contribution in [0.1, 0.15) is 36.0 Å². The van der Waals surface area contributed by atoms with Crippen molar-refractivity contribution >= 4 is 23.5 Å². The topological polar surface area (TPSA) is 84.1 Å². The number of thioether (sulfide) groups is 1. The summed E-state index contributed by atoms with van der Waals surface area (Å²) in [6, 6.07) is 13.6. The average Bonchev–Trinajstić information content (AvgIpc) is 2.73. The van der Waals surface area contributed by atoms with Gasteiger partial charge in [-0.1, -0.05) is 49.0 Å². The number of nitrogens with one attached hydrogen (secondary N) is 2. The van der Waals surface area contributed by atoms with Crippen LogP contribution in [0.15, 0.2) is 58.5 Å². The van der Waals surface area contributed by atoms with Crippen LogP contribution in [-0.2, 0) is 11.4 Å². The molecule has 154 valence electrons. The lowest BCUT2D eigenvalue weighted by atomic mass is 9.87. The molecule has 2 aromatic carbocycles. The van der Waals surface area contributed by atoms with Gasteiger partial charge in [-0.15, -0.1) is 0 Å². The Labute approximate surface area is 176 Å². The summed E-state index contributed by atoms with van der Waals surface area (Å²) in [5, 5.41) is 3.20. The molecule has 0 bridgehead atoms. The number of aromatic nitrogens is 2. The lowest BCUT2D eigenvalue weighted by molar-refractivity contribution is -0.116. The quantitative estimate of drug-likeness (QED) is 0.459. The molecular formula is C22H20FN3O3S. The molecule has 0 aliphatic carbocycles. The summed E-state index contributed by atoms with van der Waals surface area (Å²) >= 11 is 1.41. The van der Waals surface area contributed by atoms with E-state index in [1.807, 2.05) is 19.1 Å². The van der Waals surface area contributed by atoms with E-state index in [0.29, 0.717) is 27.9 Å². The summed E-state index contributed by atoms with van der Waals surface area (Å²) in [4.78, 5) is 32.1. The highest BCUT2D eigenvalue weighted by molar-refractivity contribution is 7.99. The zero-order chi connectivity index (χ0) is 21.1. The Bertz CT molecular complexity index is 1130. The molecule has 0 fully saturated rings. The second kappa shape index (κ2) is 8.71. The van der Waals surface area contributed by atoms with E-state index in [2.05, 4.69) is 15.3 Å². The Morgan fingerprint density at radius 2 is 1.93 bits per heavy atom. The number of amides is 1. The zero-order valence-electron chi connectivity index (χ0n) is 16.3. The van der Waals surface area contributed by atoms with Gasteiger partial charge < -0.3 is 15.0 Å². The normalized spacial score (nSPS) is 15.4. The molecule has 0 saturated heterocycles. The molecule has 6 nitrogen and oxygen atoms in total. The van der Waals surface area contributed by atoms with E-state index in [0.717, 1.165) is 11.3 Å². The number of aromatic amines is 1. The van der Waals surface area contributed by atoms with Crippen molar-refractivity contribution in [1.29, 1.82) is 0 Å². The van der Waals surface area contributed by atoms with Crippen LogP contribution in [0.4, 0.5) is 10.2 Å². The van der Waals surface area contributed by atoms with Crippen molar-refractivity contribution in [3.8, 4) is 5.75 Å². The largest absolute Gasteiger partial charge is 0.489 e. The number of carbonyl (C=O) groups excluding carboxylic acids is 1. The number of H-pyrrole nitrogens is 1. The predicted octanol–water partition coefficient (Wildman–Crippen LogP) is 4.07. The van der Waals surface area contributed by atoms with E-state index in [-0.39, 0.29) is 30.3 Å². The number of hydrogen-bond acceptors (Lipinski definition) is 5. The molecule has 0 spiro atoms. The summed E-state index contributed by atoms with van der Waals surface area (Å²) in [7, 11) is 0. The number of benzene rings is 2. The highest BCUT2D eigenvalue weighted by Gasteiger charge is 2.30. The van der Waals surface area contributed by atoms with Gasteiger partial charge in [-0.05, 0) is 29.5 Å². The molecule has 4 rings (SSSR count). The summed E-state index contributed by atoms with van der Waals surface area (Å²) in [5.41, 5.74) is 1.49. The summed E-state index contributed by atoms with van der Waals surface area (Å²) < 4.78 is 19.4. The maximum absolute atomic E-state index is 13.7. The van der Waals surface area contributed by atoms with Crippen molar-refractivity contribution in [3.05, 3.63) is 81.4 Å². The SMILES string of the molecule is CCSc1nc2c(c(=O)[nH]1)C(c1ccc(OCc3ccccc3F)cc1)CC(=O)N2. The minimum absolute atomic E-state index is 0.113. The van der Waals surface area contributed by atoms with Crippen LogP contribution in [-0.4, -0.2) is 21.6 Å². The Hall–Kier alpha value is -3.13. The number of rotatable bonds is 6. The molecule has 1 aromatic heterocycles. The Morgan fingerprint density at radius 3 is 2.67 bits per heavy atom. The molecular weight excluding hydrogens is 405 g/mol. The van der Waals surface area contributed by atoms with Crippen LogP contribution in [0, 0.1) is 5.82 Å². The standard InChI is InChI=1S/C22H20FN3O3S/c1-2-30-22-25-20-19(21(28)26-22)16(11-18(27)24-20)13-7-9-15(10-8-13)29-12-14-5-3-4-6-17(14)23/h3-10,16H,2,11-12H2,1H3,(H2,24,25,26,27,28). The van der Waals surface area contributed by atoms with Gasteiger partial charge >= 0.3 is 0 Å². The number of hydrogen-bond donors (Lipinski definition) is 2. The summed E-state index contributed by atoms with van der Waals surface area (Å²) in [6.45, 7) is 2.07. The van der Waals surface area contributed by atoms with E-state index >= 15 is 0 Å².